The van der Waals surface area contributed by atoms with E-state index in [1.54, 1.807) is 12.1 Å². The largest absolute Gasteiger partial charge is 0.369 e. The molecule has 0 aliphatic carbocycles. The van der Waals surface area contributed by atoms with Crippen molar-refractivity contribution in [3.05, 3.63) is 59.9 Å². The average molecular weight is 354 g/mol. The van der Waals surface area contributed by atoms with E-state index in [1.165, 1.54) is 24.5 Å². The smallest absolute Gasteiger partial charge is 0.227 e. The number of halogens is 1. The summed E-state index contributed by atoms with van der Waals surface area (Å²) in [5, 5.41) is 3.03. The van der Waals surface area contributed by atoms with Gasteiger partial charge in [-0.25, -0.2) is 4.39 Å². The first-order valence-corrected chi connectivity index (χ1v) is 9.56. The van der Waals surface area contributed by atoms with Crippen LogP contribution in [-0.2, 0) is 11.2 Å². The van der Waals surface area contributed by atoms with Crippen LogP contribution in [0.4, 0.5) is 15.8 Å². The Hall–Kier alpha value is -2.36. The van der Waals surface area contributed by atoms with E-state index < -0.39 is 0 Å². The number of carbonyl (C=O) groups excluding carboxylic acids is 1. The van der Waals surface area contributed by atoms with Crippen molar-refractivity contribution in [2.24, 2.45) is 5.92 Å². The van der Waals surface area contributed by atoms with E-state index in [4.69, 9.17) is 0 Å². The number of nitrogens with one attached hydrogen (secondary N) is 1. The fraction of sp³-hybridized carbons (Fsp3) is 0.409. The minimum absolute atomic E-state index is 0.0159. The second-order valence-electron chi connectivity index (χ2n) is 7.00. The molecule has 138 valence electrons. The van der Waals surface area contributed by atoms with E-state index in [0.29, 0.717) is 18.8 Å². The number of benzene rings is 2. The molecule has 0 radical (unpaired) electrons. The Morgan fingerprint density at radius 1 is 1.12 bits per heavy atom. The molecule has 1 fully saturated rings. The highest BCUT2D eigenvalue weighted by atomic mass is 19.1. The van der Waals surface area contributed by atoms with E-state index in [1.807, 2.05) is 23.1 Å². The summed E-state index contributed by atoms with van der Waals surface area (Å²) >= 11 is 0. The highest BCUT2D eigenvalue weighted by Gasteiger charge is 2.26. The van der Waals surface area contributed by atoms with Gasteiger partial charge in [0.05, 0.1) is 5.69 Å². The molecule has 3 nitrogen and oxygen atoms in total. The Balaban J connectivity index is 1.51. The number of piperidine rings is 1. The van der Waals surface area contributed by atoms with E-state index in [2.05, 4.69) is 24.4 Å². The zero-order valence-electron chi connectivity index (χ0n) is 15.4. The Bertz CT molecular complexity index is 721. The van der Waals surface area contributed by atoms with Crippen molar-refractivity contribution >= 4 is 17.3 Å². The second kappa shape index (κ2) is 8.84. The van der Waals surface area contributed by atoms with Crippen molar-refractivity contribution < 1.29 is 9.18 Å². The maximum Gasteiger partial charge on any atom is 0.227 e. The Morgan fingerprint density at radius 2 is 1.81 bits per heavy atom. The molecular formula is C22H27FN2O. The van der Waals surface area contributed by atoms with Gasteiger partial charge in [0.2, 0.25) is 5.91 Å². The lowest BCUT2D eigenvalue weighted by Gasteiger charge is -2.33. The van der Waals surface area contributed by atoms with Crippen LogP contribution in [0.2, 0.25) is 0 Å². The maximum absolute atomic E-state index is 13.9. The van der Waals surface area contributed by atoms with Gasteiger partial charge >= 0.3 is 0 Å². The highest BCUT2D eigenvalue weighted by Crippen LogP contribution is 2.26. The normalized spacial score (nSPS) is 15.1. The molecule has 1 heterocycles. The number of hydrogen-bond donors (Lipinski definition) is 1. The molecule has 0 unspecified atom stereocenters. The van der Waals surface area contributed by atoms with E-state index in [-0.39, 0.29) is 17.6 Å². The molecule has 0 bridgehead atoms. The number of anilines is 2. The van der Waals surface area contributed by atoms with Gasteiger partial charge in [0, 0.05) is 24.7 Å². The van der Waals surface area contributed by atoms with Gasteiger partial charge in [-0.05, 0) is 55.5 Å². The van der Waals surface area contributed by atoms with Crippen LogP contribution in [0.15, 0.2) is 48.5 Å². The van der Waals surface area contributed by atoms with Crippen LogP contribution < -0.4 is 10.2 Å². The van der Waals surface area contributed by atoms with Crippen molar-refractivity contribution in [1.29, 1.82) is 0 Å². The number of carbonyl (C=O) groups is 1. The van der Waals surface area contributed by atoms with Crippen LogP contribution in [-0.4, -0.2) is 19.0 Å². The van der Waals surface area contributed by atoms with Crippen molar-refractivity contribution in [1.82, 2.24) is 0 Å². The van der Waals surface area contributed by atoms with Gasteiger partial charge in [-0.15, -0.1) is 0 Å². The first-order valence-electron chi connectivity index (χ1n) is 9.56. The number of amides is 1. The molecule has 0 spiro atoms. The van der Waals surface area contributed by atoms with Crippen LogP contribution in [0.25, 0.3) is 0 Å². The zero-order valence-corrected chi connectivity index (χ0v) is 15.4. The summed E-state index contributed by atoms with van der Waals surface area (Å²) in [7, 11) is 0. The molecule has 0 saturated carbocycles. The molecule has 1 saturated heterocycles. The Labute approximate surface area is 155 Å². The summed E-state index contributed by atoms with van der Waals surface area (Å²) in [6, 6.07) is 15.0. The molecule has 3 rings (SSSR count). The molecule has 1 aliphatic heterocycles. The van der Waals surface area contributed by atoms with Crippen LogP contribution in [0.3, 0.4) is 0 Å². The fourth-order valence-corrected chi connectivity index (χ4v) is 3.47. The maximum atomic E-state index is 13.9. The summed E-state index contributed by atoms with van der Waals surface area (Å²) < 4.78 is 13.9. The van der Waals surface area contributed by atoms with Crippen LogP contribution >= 0.6 is 0 Å². The minimum Gasteiger partial charge on any atom is -0.369 e. The standard InChI is InChI=1S/C22H27FN2O/c1-2-3-6-17-9-11-19(12-10-17)24-22(26)18-13-15-25(16-14-18)21-8-5-4-7-20(21)23/h4-5,7-12,18H,2-3,6,13-16H2,1H3,(H,24,26). The molecule has 1 aliphatic rings. The summed E-state index contributed by atoms with van der Waals surface area (Å²) in [4.78, 5) is 14.6. The number of unbranched alkanes of at least 4 members (excludes halogenated alkanes) is 1. The summed E-state index contributed by atoms with van der Waals surface area (Å²) in [6.07, 6.45) is 4.94. The van der Waals surface area contributed by atoms with Crippen molar-refractivity contribution in [3.63, 3.8) is 0 Å². The first kappa shape index (κ1) is 18.4. The number of aryl methyl sites for hydroxylation is 1. The van der Waals surface area contributed by atoms with Crippen LogP contribution in [0, 0.1) is 11.7 Å². The van der Waals surface area contributed by atoms with E-state index in [9.17, 15) is 9.18 Å². The molecular weight excluding hydrogens is 327 g/mol. The third kappa shape index (κ3) is 4.63. The van der Waals surface area contributed by atoms with Crippen molar-refractivity contribution in [2.45, 2.75) is 39.0 Å². The summed E-state index contributed by atoms with van der Waals surface area (Å²) in [6.45, 7) is 3.59. The monoisotopic (exact) mass is 354 g/mol. The lowest BCUT2D eigenvalue weighted by molar-refractivity contribution is -0.120. The number of nitrogens with zero attached hydrogens (tertiary/aromatic N) is 1. The average Bonchev–Trinajstić information content (AvgIpc) is 2.68. The first-order chi connectivity index (χ1) is 12.7. The van der Waals surface area contributed by atoms with Gasteiger partial charge in [0.1, 0.15) is 5.82 Å². The predicted molar refractivity (Wildman–Crippen MR) is 105 cm³/mol. The minimum atomic E-state index is -0.196. The van der Waals surface area contributed by atoms with E-state index in [0.717, 1.165) is 24.9 Å². The number of hydrogen-bond acceptors (Lipinski definition) is 2. The SMILES string of the molecule is CCCCc1ccc(NC(=O)C2CCN(c3ccccc3F)CC2)cc1. The van der Waals surface area contributed by atoms with Crippen molar-refractivity contribution in [3.8, 4) is 0 Å². The number of para-hydroxylation sites is 1. The molecule has 26 heavy (non-hydrogen) atoms. The quantitative estimate of drug-likeness (QED) is 0.790. The van der Waals surface area contributed by atoms with Gasteiger partial charge in [0.15, 0.2) is 0 Å². The van der Waals surface area contributed by atoms with Gasteiger partial charge in [-0.2, -0.15) is 0 Å². The topological polar surface area (TPSA) is 32.3 Å². The molecule has 0 atom stereocenters. The zero-order chi connectivity index (χ0) is 18.4. The molecule has 1 amide bonds. The van der Waals surface area contributed by atoms with Crippen LogP contribution in [0.1, 0.15) is 38.2 Å². The summed E-state index contributed by atoms with van der Waals surface area (Å²) in [5.41, 5.74) is 2.80. The molecule has 2 aromatic rings. The second-order valence-corrected chi connectivity index (χ2v) is 7.00. The van der Waals surface area contributed by atoms with Gasteiger partial charge < -0.3 is 10.2 Å². The molecule has 2 aromatic carbocycles. The van der Waals surface area contributed by atoms with E-state index >= 15 is 0 Å². The molecule has 4 heteroatoms. The lowest BCUT2D eigenvalue weighted by atomic mass is 9.95. The fourth-order valence-electron chi connectivity index (χ4n) is 3.47. The van der Waals surface area contributed by atoms with Gasteiger partial charge in [-0.3, -0.25) is 4.79 Å². The third-order valence-corrected chi connectivity index (χ3v) is 5.10. The number of rotatable bonds is 6. The van der Waals surface area contributed by atoms with Crippen LogP contribution in [0.5, 0.6) is 0 Å². The highest BCUT2D eigenvalue weighted by molar-refractivity contribution is 5.92. The van der Waals surface area contributed by atoms with Gasteiger partial charge in [-0.1, -0.05) is 37.6 Å². The molecule has 0 aromatic heterocycles. The third-order valence-electron chi connectivity index (χ3n) is 5.10. The van der Waals surface area contributed by atoms with Gasteiger partial charge in [0.25, 0.3) is 0 Å². The predicted octanol–water partition coefficient (Wildman–Crippen LogP) is 5.02. The lowest BCUT2D eigenvalue weighted by Crippen LogP contribution is -2.38. The van der Waals surface area contributed by atoms with Crippen molar-refractivity contribution in [2.75, 3.05) is 23.3 Å². The summed E-state index contributed by atoms with van der Waals surface area (Å²) in [5.74, 6) is -0.143. The Kier molecular flexibility index (Phi) is 6.26. The Morgan fingerprint density at radius 3 is 2.46 bits per heavy atom. The molecule has 1 N–H and O–H groups in total.